The van der Waals surface area contributed by atoms with Gasteiger partial charge >= 0.3 is 5.97 Å². The molecule has 9 heteroatoms. The maximum absolute atomic E-state index is 12.5. The highest BCUT2D eigenvalue weighted by Crippen LogP contribution is 2.17. The van der Waals surface area contributed by atoms with Crippen LogP contribution in [0, 0.1) is 0 Å². The molecule has 0 spiro atoms. The van der Waals surface area contributed by atoms with Gasteiger partial charge in [0.2, 0.25) is 5.91 Å². The number of carbonyl (C=O) groups is 3. The smallest absolute Gasteiger partial charge is 0.358 e. The highest BCUT2D eigenvalue weighted by molar-refractivity contribution is 6.03. The number of hydrogen-bond acceptors (Lipinski definition) is 5. The number of hydrogen-bond donors (Lipinski definition) is 2. The van der Waals surface area contributed by atoms with E-state index in [4.69, 9.17) is 5.11 Å². The fourth-order valence-corrected chi connectivity index (χ4v) is 2.27. The number of anilines is 1. The highest BCUT2D eigenvalue weighted by atomic mass is 16.4. The SMILES string of the molecule is CCN(CC)C(=O)c1ccccc1NC(=O)Cn1cc(C(=O)O)nn1. The predicted octanol–water partition coefficient (Wildman–Crippen LogP) is 1.10. The van der Waals surface area contributed by atoms with E-state index in [9.17, 15) is 14.4 Å². The summed E-state index contributed by atoms with van der Waals surface area (Å²) in [6.45, 7) is 4.68. The molecule has 0 bridgehead atoms. The fraction of sp³-hybridized carbons (Fsp3) is 0.312. The lowest BCUT2D eigenvalue weighted by atomic mass is 10.1. The summed E-state index contributed by atoms with van der Waals surface area (Å²) in [4.78, 5) is 37.1. The minimum Gasteiger partial charge on any atom is -0.476 e. The molecule has 0 saturated heterocycles. The van der Waals surface area contributed by atoms with Gasteiger partial charge < -0.3 is 15.3 Å². The van der Waals surface area contributed by atoms with Crippen molar-refractivity contribution in [2.45, 2.75) is 20.4 Å². The van der Waals surface area contributed by atoms with E-state index in [-0.39, 0.29) is 18.1 Å². The van der Waals surface area contributed by atoms with E-state index in [0.29, 0.717) is 24.3 Å². The van der Waals surface area contributed by atoms with E-state index in [1.165, 1.54) is 0 Å². The summed E-state index contributed by atoms with van der Waals surface area (Å²) in [6.07, 6.45) is 1.16. The average molecular weight is 345 g/mol. The molecule has 0 saturated carbocycles. The molecule has 0 atom stereocenters. The van der Waals surface area contributed by atoms with Crippen molar-refractivity contribution in [3.63, 3.8) is 0 Å². The molecular weight excluding hydrogens is 326 g/mol. The average Bonchev–Trinajstić information content (AvgIpc) is 3.05. The summed E-state index contributed by atoms with van der Waals surface area (Å²) in [5, 5.41) is 18.5. The van der Waals surface area contributed by atoms with Gasteiger partial charge in [0.05, 0.1) is 17.4 Å². The van der Waals surface area contributed by atoms with E-state index in [2.05, 4.69) is 15.6 Å². The Bertz CT molecular complexity index is 782. The number of aromatic carboxylic acids is 1. The van der Waals surface area contributed by atoms with Crippen LogP contribution >= 0.6 is 0 Å². The molecule has 0 aliphatic carbocycles. The van der Waals surface area contributed by atoms with E-state index < -0.39 is 11.9 Å². The second-order valence-electron chi connectivity index (χ2n) is 5.18. The molecule has 0 radical (unpaired) electrons. The molecule has 25 heavy (non-hydrogen) atoms. The Labute approximate surface area is 144 Å². The number of amides is 2. The Hall–Kier alpha value is -3.23. The number of carboxylic acids is 1. The van der Waals surface area contributed by atoms with Gasteiger partial charge in [0.25, 0.3) is 5.91 Å². The van der Waals surface area contributed by atoms with Crippen LogP contribution in [0.4, 0.5) is 5.69 Å². The number of para-hydroxylation sites is 1. The Balaban J connectivity index is 2.12. The van der Waals surface area contributed by atoms with Gasteiger partial charge in [-0.05, 0) is 26.0 Å². The minimum atomic E-state index is -1.22. The van der Waals surface area contributed by atoms with Crippen LogP contribution in [0.2, 0.25) is 0 Å². The highest BCUT2D eigenvalue weighted by Gasteiger charge is 2.18. The molecule has 1 aromatic heterocycles. The van der Waals surface area contributed by atoms with E-state index in [1.807, 2.05) is 13.8 Å². The van der Waals surface area contributed by atoms with Crippen molar-refractivity contribution in [2.75, 3.05) is 18.4 Å². The maximum Gasteiger partial charge on any atom is 0.358 e. The summed E-state index contributed by atoms with van der Waals surface area (Å²) >= 11 is 0. The molecule has 0 fully saturated rings. The summed E-state index contributed by atoms with van der Waals surface area (Å²) in [7, 11) is 0. The van der Waals surface area contributed by atoms with Gasteiger partial charge in [0, 0.05) is 13.1 Å². The summed E-state index contributed by atoms with van der Waals surface area (Å²) in [5.41, 5.74) is 0.539. The number of rotatable bonds is 7. The summed E-state index contributed by atoms with van der Waals surface area (Å²) < 4.78 is 1.12. The molecular formula is C16H19N5O4. The van der Waals surface area contributed by atoms with Crippen molar-refractivity contribution >= 4 is 23.5 Å². The van der Waals surface area contributed by atoms with Crippen molar-refractivity contribution in [3.05, 3.63) is 41.7 Å². The van der Waals surface area contributed by atoms with E-state index in [1.54, 1.807) is 29.2 Å². The summed E-state index contributed by atoms with van der Waals surface area (Å²) in [5.74, 6) is -1.83. The number of aromatic nitrogens is 3. The first-order valence-electron chi connectivity index (χ1n) is 7.77. The molecule has 9 nitrogen and oxygen atoms in total. The van der Waals surface area contributed by atoms with Crippen LogP contribution in [0.5, 0.6) is 0 Å². The van der Waals surface area contributed by atoms with Crippen LogP contribution in [-0.4, -0.2) is 55.9 Å². The number of carboxylic acid groups (broad SMARTS) is 1. The van der Waals surface area contributed by atoms with Gasteiger partial charge in [-0.2, -0.15) is 0 Å². The van der Waals surface area contributed by atoms with Crippen LogP contribution in [-0.2, 0) is 11.3 Å². The summed E-state index contributed by atoms with van der Waals surface area (Å²) in [6, 6.07) is 6.72. The zero-order chi connectivity index (χ0) is 18.4. The van der Waals surface area contributed by atoms with Gasteiger partial charge in [-0.15, -0.1) is 5.10 Å². The van der Waals surface area contributed by atoms with Crippen molar-refractivity contribution in [2.24, 2.45) is 0 Å². The van der Waals surface area contributed by atoms with Crippen LogP contribution in [0.25, 0.3) is 0 Å². The van der Waals surface area contributed by atoms with Gasteiger partial charge in [-0.25, -0.2) is 9.48 Å². The van der Waals surface area contributed by atoms with Crippen LogP contribution in [0.3, 0.4) is 0 Å². The lowest BCUT2D eigenvalue weighted by Crippen LogP contribution is -2.31. The topological polar surface area (TPSA) is 117 Å². The minimum absolute atomic E-state index is 0.171. The van der Waals surface area contributed by atoms with Gasteiger partial charge in [-0.1, -0.05) is 17.3 Å². The Morgan fingerprint density at radius 2 is 1.88 bits per heavy atom. The van der Waals surface area contributed by atoms with Gasteiger partial charge in [0.15, 0.2) is 5.69 Å². The third-order valence-corrected chi connectivity index (χ3v) is 3.55. The Morgan fingerprint density at radius 1 is 1.20 bits per heavy atom. The lowest BCUT2D eigenvalue weighted by molar-refractivity contribution is -0.116. The Morgan fingerprint density at radius 3 is 2.48 bits per heavy atom. The fourth-order valence-electron chi connectivity index (χ4n) is 2.27. The molecule has 2 aromatic rings. The number of nitrogens with one attached hydrogen (secondary N) is 1. The van der Waals surface area contributed by atoms with Gasteiger partial charge in [-0.3, -0.25) is 9.59 Å². The number of carbonyl (C=O) groups excluding carboxylic acids is 2. The van der Waals surface area contributed by atoms with Gasteiger partial charge in [0.1, 0.15) is 6.54 Å². The first-order valence-corrected chi connectivity index (χ1v) is 7.77. The predicted molar refractivity (Wildman–Crippen MR) is 89.3 cm³/mol. The largest absolute Gasteiger partial charge is 0.476 e. The standard InChI is InChI=1S/C16H19N5O4/c1-3-20(4-2)15(23)11-7-5-6-8-12(11)17-14(22)10-21-9-13(16(24)25)18-19-21/h5-9H,3-4,10H2,1-2H3,(H,17,22)(H,24,25). The second-order valence-corrected chi connectivity index (χ2v) is 5.18. The lowest BCUT2D eigenvalue weighted by Gasteiger charge is -2.20. The third-order valence-electron chi connectivity index (χ3n) is 3.55. The van der Waals surface area contributed by atoms with Crippen LogP contribution in [0.15, 0.2) is 30.5 Å². The molecule has 2 amide bonds. The quantitative estimate of drug-likeness (QED) is 0.776. The van der Waals surface area contributed by atoms with E-state index >= 15 is 0 Å². The molecule has 2 N–H and O–H groups in total. The third kappa shape index (κ3) is 4.40. The number of nitrogens with zero attached hydrogens (tertiary/aromatic N) is 4. The first kappa shape index (κ1) is 18.1. The van der Waals surface area contributed by atoms with Crippen molar-refractivity contribution in [3.8, 4) is 0 Å². The first-order chi connectivity index (χ1) is 12.0. The number of benzene rings is 1. The molecule has 0 aliphatic rings. The molecule has 1 aromatic carbocycles. The van der Waals surface area contributed by atoms with Crippen molar-refractivity contribution in [1.29, 1.82) is 0 Å². The van der Waals surface area contributed by atoms with Crippen molar-refractivity contribution in [1.82, 2.24) is 19.9 Å². The van der Waals surface area contributed by atoms with Crippen molar-refractivity contribution < 1.29 is 19.5 Å². The Kier molecular flexibility index (Phi) is 5.83. The second kappa shape index (κ2) is 8.04. The molecule has 1 heterocycles. The molecule has 132 valence electrons. The molecule has 0 unspecified atom stereocenters. The monoisotopic (exact) mass is 345 g/mol. The normalized spacial score (nSPS) is 10.3. The van der Waals surface area contributed by atoms with E-state index in [0.717, 1.165) is 10.9 Å². The van der Waals surface area contributed by atoms with Crippen LogP contribution < -0.4 is 5.32 Å². The van der Waals surface area contributed by atoms with Crippen LogP contribution in [0.1, 0.15) is 34.7 Å². The zero-order valence-electron chi connectivity index (χ0n) is 14.0. The maximum atomic E-state index is 12.5. The molecule has 2 rings (SSSR count). The zero-order valence-corrected chi connectivity index (χ0v) is 14.0. The molecule has 0 aliphatic heterocycles.